The second kappa shape index (κ2) is 18.9. The SMILES string of the molecule is CC(C)(C)OC(=O)N[C@@H](CO[C@@H]1O[C@H](COCc2ccccc2)[C@H](OCc2ccccc2)[C@H](OCc2ccccc2)[C@H]1[N+](=O)[O-])C(=O)OC(C)(C)C. The highest BCUT2D eigenvalue weighted by Gasteiger charge is 2.55. The summed E-state index contributed by atoms with van der Waals surface area (Å²) in [7, 11) is 0. The lowest BCUT2D eigenvalue weighted by Crippen LogP contribution is -2.64. The van der Waals surface area contributed by atoms with E-state index in [4.69, 9.17) is 33.2 Å². The van der Waals surface area contributed by atoms with E-state index in [1.807, 2.05) is 91.0 Å². The monoisotopic (exact) mass is 722 g/mol. The maximum atomic E-state index is 13.3. The number of hydrogen-bond donors (Lipinski definition) is 1. The Labute approximate surface area is 305 Å². The molecule has 0 spiro atoms. The maximum Gasteiger partial charge on any atom is 0.408 e. The summed E-state index contributed by atoms with van der Waals surface area (Å²) in [6, 6.07) is 25.2. The molecule has 282 valence electrons. The number of amides is 1. The van der Waals surface area contributed by atoms with Crippen LogP contribution >= 0.6 is 0 Å². The van der Waals surface area contributed by atoms with Crippen molar-refractivity contribution in [1.29, 1.82) is 0 Å². The van der Waals surface area contributed by atoms with Crippen LogP contribution < -0.4 is 5.32 Å². The van der Waals surface area contributed by atoms with E-state index in [0.29, 0.717) is 0 Å². The van der Waals surface area contributed by atoms with Crippen molar-refractivity contribution in [2.75, 3.05) is 13.2 Å². The molecule has 0 radical (unpaired) electrons. The molecule has 0 saturated carbocycles. The maximum absolute atomic E-state index is 13.3. The summed E-state index contributed by atoms with van der Waals surface area (Å²) in [5.41, 5.74) is 0.784. The Kier molecular flexibility index (Phi) is 14.7. The lowest BCUT2D eigenvalue weighted by atomic mass is 9.96. The zero-order chi connectivity index (χ0) is 37.7. The summed E-state index contributed by atoms with van der Waals surface area (Å²) in [5.74, 6) is -0.824. The van der Waals surface area contributed by atoms with Gasteiger partial charge in [-0.25, -0.2) is 9.59 Å². The van der Waals surface area contributed by atoms with Crippen LogP contribution in [0.5, 0.6) is 0 Å². The summed E-state index contributed by atoms with van der Waals surface area (Å²) in [5, 5.41) is 15.4. The topological polar surface area (TPSA) is 154 Å². The van der Waals surface area contributed by atoms with Crippen molar-refractivity contribution < 1.29 is 47.7 Å². The lowest BCUT2D eigenvalue weighted by Gasteiger charge is -2.42. The van der Waals surface area contributed by atoms with Gasteiger partial charge in [0, 0.05) is 4.92 Å². The molecular formula is C39H50N2O11. The first kappa shape index (κ1) is 40.4. The molecule has 3 aromatic rings. The van der Waals surface area contributed by atoms with Gasteiger partial charge in [-0.1, -0.05) is 91.0 Å². The summed E-state index contributed by atoms with van der Waals surface area (Å²) in [6.07, 6.45) is -5.53. The molecule has 1 saturated heterocycles. The van der Waals surface area contributed by atoms with Gasteiger partial charge in [0.25, 0.3) is 6.04 Å². The van der Waals surface area contributed by atoms with Gasteiger partial charge in [-0.3, -0.25) is 10.1 Å². The molecule has 1 aliphatic heterocycles. The molecule has 1 amide bonds. The zero-order valence-electron chi connectivity index (χ0n) is 30.6. The van der Waals surface area contributed by atoms with Gasteiger partial charge in [-0.05, 0) is 58.2 Å². The number of nitrogens with one attached hydrogen (secondary N) is 1. The molecule has 0 bridgehead atoms. The smallest absolute Gasteiger partial charge is 0.408 e. The number of hydrogen-bond acceptors (Lipinski definition) is 11. The minimum atomic E-state index is -1.62. The molecule has 1 heterocycles. The Balaban J connectivity index is 1.64. The number of alkyl carbamates (subject to hydrolysis) is 1. The summed E-state index contributed by atoms with van der Waals surface area (Å²) >= 11 is 0. The third-order valence-electron chi connectivity index (χ3n) is 7.63. The van der Waals surface area contributed by atoms with Crippen LogP contribution in [0.25, 0.3) is 0 Å². The number of nitrogens with zero attached hydrogens (tertiary/aromatic N) is 1. The van der Waals surface area contributed by atoms with E-state index >= 15 is 0 Å². The van der Waals surface area contributed by atoms with Gasteiger partial charge in [-0.15, -0.1) is 0 Å². The first-order chi connectivity index (χ1) is 24.7. The van der Waals surface area contributed by atoms with Crippen molar-refractivity contribution in [3.63, 3.8) is 0 Å². The Morgan fingerprint density at radius 1 is 0.731 bits per heavy atom. The fourth-order valence-corrected chi connectivity index (χ4v) is 5.36. The van der Waals surface area contributed by atoms with Crippen LogP contribution in [0.3, 0.4) is 0 Å². The number of rotatable bonds is 16. The fourth-order valence-electron chi connectivity index (χ4n) is 5.36. The standard InChI is InChI=1S/C39H50N2O11/c1-38(2,3)51-35(42)30(40-37(43)52-39(4,5)6)25-49-36-32(41(44)45)34(48-24-29-20-14-9-15-21-29)33(47-23-28-18-12-8-13-19-28)31(50-36)26-46-22-27-16-10-7-11-17-27/h7-21,30-34,36H,22-26H2,1-6H3,(H,40,43)/t30-,31+,32+,33-,34+,36+/m0/s1. The van der Waals surface area contributed by atoms with Crippen molar-refractivity contribution in [3.05, 3.63) is 118 Å². The summed E-state index contributed by atoms with van der Waals surface area (Å²) in [6.45, 7) is 9.87. The highest BCUT2D eigenvalue weighted by Crippen LogP contribution is 2.31. The lowest BCUT2D eigenvalue weighted by molar-refractivity contribution is -0.577. The van der Waals surface area contributed by atoms with E-state index in [-0.39, 0.29) is 26.4 Å². The minimum absolute atomic E-state index is 0.0322. The molecule has 13 heteroatoms. The van der Waals surface area contributed by atoms with Gasteiger partial charge < -0.3 is 38.5 Å². The molecule has 52 heavy (non-hydrogen) atoms. The van der Waals surface area contributed by atoms with Crippen LogP contribution in [0.2, 0.25) is 0 Å². The largest absolute Gasteiger partial charge is 0.458 e. The van der Waals surface area contributed by atoms with Crippen LogP contribution in [0, 0.1) is 10.1 Å². The van der Waals surface area contributed by atoms with Crippen molar-refractivity contribution in [1.82, 2.24) is 5.32 Å². The second-order valence-electron chi connectivity index (χ2n) is 14.4. The third kappa shape index (κ3) is 13.3. The highest BCUT2D eigenvalue weighted by molar-refractivity contribution is 5.81. The van der Waals surface area contributed by atoms with Crippen LogP contribution in [0.1, 0.15) is 58.2 Å². The Bertz CT molecular complexity index is 1550. The highest BCUT2D eigenvalue weighted by atomic mass is 16.7. The molecular weight excluding hydrogens is 672 g/mol. The number of carbonyl (C=O) groups excluding carboxylic acids is 2. The third-order valence-corrected chi connectivity index (χ3v) is 7.63. The van der Waals surface area contributed by atoms with Crippen molar-refractivity contribution in [2.24, 2.45) is 0 Å². The number of carbonyl (C=O) groups is 2. The van der Waals surface area contributed by atoms with Crippen LogP contribution in [-0.2, 0) is 57.8 Å². The van der Waals surface area contributed by atoms with Gasteiger partial charge in [0.05, 0.1) is 33.0 Å². The van der Waals surface area contributed by atoms with E-state index in [2.05, 4.69) is 5.32 Å². The fraction of sp³-hybridized carbons (Fsp3) is 0.487. The van der Waals surface area contributed by atoms with E-state index < -0.39 is 71.5 Å². The summed E-state index contributed by atoms with van der Waals surface area (Å²) < 4.78 is 42.1. The van der Waals surface area contributed by atoms with Gasteiger partial charge >= 0.3 is 12.1 Å². The van der Waals surface area contributed by atoms with Crippen LogP contribution in [-0.4, -0.2) is 78.1 Å². The van der Waals surface area contributed by atoms with Crippen molar-refractivity contribution >= 4 is 12.1 Å². The number of nitro groups is 1. The number of ether oxygens (including phenoxy) is 7. The van der Waals surface area contributed by atoms with Gasteiger partial charge in [0.15, 0.2) is 12.1 Å². The molecule has 1 N–H and O–H groups in total. The first-order valence-electron chi connectivity index (χ1n) is 17.2. The Morgan fingerprint density at radius 2 is 1.21 bits per heavy atom. The quantitative estimate of drug-likeness (QED) is 0.105. The van der Waals surface area contributed by atoms with E-state index in [1.165, 1.54) is 0 Å². The van der Waals surface area contributed by atoms with Crippen LogP contribution in [0.15, 0.2) is 91.0 Å². The summed E-state index contributed by atoms with van der Waals surface area (Å²) in [4.78, 5) is 38.4. The Hall–Kier alpha value is -4.40. The van der Waals surface area contributed by atoms with Crippen molar-refractivity contribution in [2.45, 2.75) is 109 Å². The first-order valence-corrected chi connectivity index (χ1v) is 17.2. The molecule has 4 rings (SSSR count). The Morgan fingerprint density at radius 3 is 1.69 bits per heavy atom. The number of esters is 1. The molecule has 13 nitrogen and oxygen atoms in total. The average molecular weight is 723 g/mol. The van der Waals surface area contributed by atoms with Gasteiger partial charge in [0.1, 0.15) is 23.4 Å². The zero-order valence-corrected chi connectivity index (χ0v) is 30.6. The molecule has 0 aromatic heterocycles. The van der Waals surface area contributed by atoms with Crippen molar-refractivity contribution in [3.8, 4) is 0 Å². The average Bonchev–Trinajstić information content (AvgIpc) is 3.08. The molecule has 3 aromatic carbocycles. The minimum Gasteiger partial charge on any atom is -0.458 e. The van der Waals surface area contributed by atoms with E-state index in [1.54, 1.807) is 41.5 Å². The predicted octanol–water partition coefficient (Wildman–Crippen LogP) is 6.00. The number of benzene rings is 3. The molecule has 1 fully saturated rings. The molecule has 6 atom stereocenters. The molecule has 0 unspecified atom stereocenters. The van der Waals surface area contributed by atoms with Crippen LogP contribution in [0.4, 0.5) is 4.79 Å². The molecule has 1 aliphatic rings. The van der Waals surface area contributed by atoms with E-state index in [0.717, 1.165) is 16.7 Å². The van der Waals surface area contributed by atoms with E-state index in [9.17, 15) is 19.7 Å². The van der Waals surface area contributed by atoms with Gasteiger partial charge in [-0.2, -0.15) is 0 Å². The molecule has 0 aliphatic carbocycles. The van der Waals surface area contributed by atoms with Gasteiger partial charge in [0.2, 0.25) is 6.29 Å². The predicted molar refractivity (Wildman–Crippen MR) is 191 cm³/mol. The normalized spacial score (nSPS) is 21.2. The second-order valence-corrected chi connectivity index (χ2v) is 14.4.